The van der Waals surface area contributed by atoms with Gasteiger partial charge >= 0.3 is 5.97 Å². The summed E-state index contributed by atoms with van der Waals surface area (Å²) in [6.45, 7) is 0. The fraction of sp³-hybridized carbons (Fsp3) is 0.304. The molecule has 1 fully saturated rings. The summed E-state index contributed by atoms with van der Waals surface area (Å²) in [5.41, 5.74) is 9.07. The molecule has 0 aliphatic heterocycles. The zero-order chi connectivity index (χ0) is 23.2. The number of nitrogen functional groups attached to an aromatic ring is 1. The zero-order valence-corrected chi connectivity index (χ0v) is 19.3. The number of aliphatic hydroxyl groups is 1. The van der Waals surface area contributed by atoms with E-state index in [0.29, 0.717) is 41.6 Å². The van der Waals surface area contributed by atoms with Crippen LogP contribution in [0.15, 0.2) is 53.3 Å². The minimum atomic E-state index is -1.17. The van der Waals surface area contributed by atoms with Gasteiger partial charge in [0, 0.05) is 12.1 Å². The van der Waals surface area contributed by atoms with E-state index >= 15 is 0 Å². The smallest absolute Gasteiger partial charge is 0.306 e. The Morgan fingerprint density at radius 2 is 1.94 bits per heavy atom. The summed E-state index contributed by atoms with van der Waals surface area (Å²) in [4.78, 5) is 16.0. The Labute approximate surface area is 198 Å². The maximum atomic E-state index is 11.1. The van der Waals surface area contributed by atoms with Crippen LogP contribution in [-0.4, -0.2) is 46.2 Å². The van der Waals surface area contributed by atoms with Crippen molar-refractivity contribution in [2.45, 2.75) is 43.6 Å². The predicted octanol–water partition coefficient (Wildman–Crippen LogP) is 3.79. The van der Waals surface area contributed by atoms with Gasteiger partial charge in [0.15, 0.2) is 5.65 Å². The van der Waals surface area contributed by atoms with Crippen LogP contribution in [0.2, 0.25) is 0 Å². The Bertz CT molecular complexity index is 1320. The fourth-order valence-corrected chi connectivity index (χ4v) is 5.12. The van der Waals surface area contributed by atoms with Crippen molar-refractivity contribution in [3.05, 3.63) is 59.0 Å². The van der Waals surface area contributed by atoms with Gasteiger partial charge in [0.25, 0.3) is 0 Å². The molecule has 33 heavy (non-hydrogen) atoms. The summed E-state index contributed by atoms with van der Waals surface area (Å²) in [5, 5.41) is 28.8. The van der Waals surface area contributed by atoms with Gasteiger partial charge in [-0.05, 0) is 59.8 Å². The summed E-state index contributed by atoms with van der Waals surface area (Å²) in [6, 6.07) is 11.7. The highest BCUT2D eigenvalue weighted by Gasteiger charge is 2.37. The number of aromatic nitrogens is 5. The first-order chi connectivity index (χ1) is 15.8. The lowest BCUT2D eigenvalue weighted by Crippen LogP contribution is -2.36. The predicted molar refractivity (Wildman–Crippen MR) is 126 cm³/mol. The molecule has 9 nitrogen and oxygen atoms in total. The van der Waals surface area contributed by atoms with Crippen molar-refractivity contribution in [1.82, 2.24) is 24.4 Å². The van der Waals surface area contributed by atoms with Crippen LogP contribution in [0.25, 0.3) is 22.6 Å². The molecule has 0 radical (unpaired) electrons. The average molecular weight is 511 g/mol. The van der Waals surface area contributed by atoms with Gasteiger partial charge < -0.3 is 15.9 Å². The summed E-state index contributed by atoms with van der Waals surface area (Å²) >= 11 is 3.58. The molecule has 0 unspecified atom stereocenters. The number of anilines is 1. The largest absolute Gasteiger partial charge is 0.481 e. The van der Waals surface area contributed by atoms with Gasteiger partial charge in [0.1, 0.15) is 5.82 Å². The van der Waals surface area contributed by atoms with Gasteiger partial charge in [-0.15, -0.1) is 0 Å². The van der Waals surface area contributed by atoms with E-state index in [-0.39, 0.29) is 12.3 Å². The van der Waals surface area contributed by atoms with Gasteiger partial charge in [-0.1, -0.05) is 18.2 Å². The molecular formula is C23H23BrN6O3. The lowest BCUT2D eigenvalue weighted by atomic mass is 9.76. The molecule has 1 aromatic carbocycles. The molecule has 170 valence electrons. The number of carbonyl (C=O) groups is 1. The number of carboxylic acids is 1. The van der Waals surface area contributed by atoms with Crippen LogP contribution in [0.3, 0.4) is 0 Å². The number of halogens is 1. The van der Waals surface area contributed by atoms with Crippen LogP contribution >= 0.6 is 15.9 Å². The Morgan fingerprint density at radius 1 is 1.21 bits per heavy atom. The molecule has 0 atom stereocenters. The molecule has 4 aromatic rings. The maximum absolute atomic E-state index is 11.1. The molecule has 4 N–H and O–H groups in total. The van der Waals surface area contributed by atoms with Crippen molar-refractivity contribution >= 4 is 33.4 Å². The molecule has 5 rings (SSSR count). The highest BCUT2D eigenvalue weighted by molar-refractivity contribution is 9.10. The number of fused-ring (bicyclic) bond motifs is 1. The lowest BCUT2D eigenvalue weighted by molar-refractivity contribution is -0.144. The molecule has 3 aromatic heterocycles. The maximum Gasteiger partial charge on any atom is 0.306 e. The summed E-state index contributed by atoms with van der Waals surface area (Å²) in [6.07, 6.45) is 5.40. The van der Waals surface area contributed by atoms with Crippen molar-refractivity contribution in [2.75, 3.05) is 5.73 Å². The second-order valence-corrected chi connectivity index (χ2v) is 9.33. The molecule has 0 spiro atoms. The molecule has 0 saturated heterocycles. The molecule has 10 heteroatoms. The highest BCUT2D eigenvalue weighted by atomic mass is 79.9. The standard InChI is InChI=1S/C23H23BrN6O3/c24-19-20(14-6-9-23(33,10-7-14)12-18(31)32)27-22-16(13-26-30(22)21(19)25)17-8-11-29(28-17)15-4-2-1-3-5-15/h1-5,8,11,13-14,33H,6-7,9-10,12,25H2,(H,31,32). The van der Waals surface area contributed by atoms with E-state index in [4.69, 9.17) is 20.9 Å². The third-order valence-corrected chi connectivity index (χ3v) is 7.13. The minimum absolute atomic E-state index is 0.0466. The van der Waals surface area contributed by atoms with E-state index in [1.807, 2.05) is 42.6 Å². The van der Waals surface area contributed by atoms with Crippen molar-refractivity contribution in [1.29, 1.82) is 0 Å². The second-order valence-electron chi connectivity index (χ2n) is 8.54. The number of nitrogens with zero attached hydrogens (tertiary/aromatic N) is 5. The van der Waals surface area contributed by atoms with E-state index in [1.54, 1.807) is 15.4 Å². The first-order valence-electron chi connectivity index (χ1n) is 10.7. The molecule has 1 aliphatic carbocycles. The fourth-order valence-electron chi connectivity index (χ4n) is 4.54. The van der Waals surface area contributed by atoms with Gasteiger partial charge in [-0.3, -0.25) is 4.79 Å². The summed E-state index contributed by atoms with van der Waals surface area (Å²) < 4.78 is 4.06. The number of benzene rings is 1. The number of para-hydroxylation sites is 1. The van der Waals surface area contributed by atoms with Gasteiger partial charge in [-0.2, -0.15) is 14.7 Å². The Morgan fingerprint density at radius 3 is 2.64 bits per heavy atom. The van der Waals surface area contributed by atoms with Crippen LogP contribution in [-0.2, 0) is 4.79 Å². The van der Waals surface area contributed by atoms with Crippen LogP contribution in [0.1, 0.15) is 43.7 Å². The number of rotatable bonds is 5. The number of hydrogen-bond donors (Lipinski definition) is 3. The van der Waals surface area contributed by atoms with E-state index in [2.05, 4.69) is 21.0 Å². The van der Waals surface area contributed by atoms with E-state index in [0.717, 1.165) is 22.6 Å². The molecule has 0 bridgehead atoms. The SMILES string of the molecule is Nc1c(Br)c(C2CCC(O)(CC(=O)O)CC2)nc2c(-c3ccn(-c4ccccc4)n3)cnn12. The number of carboxylic acid groups (broad SMARTS) is 1. The topological polar surface area (TPSA) is 132 Å². The molecule has 1 aliphatic rings. The second kappa shape index (κ2) is 8.27. The highest BCUT2D eigenvalue weighted by Crippen LogP contribution is 2.42. The monoisotopic (exact) mass is 510 g/mol. The molecular weight excluding hydrogens is 488 g/mol. The average Bonchev–Trinajstić information content (AvgIpc) is 3.44. The first kappa shape index (κ1) is 21.6. The van der Waals surface area contributed by atoms with Gasteiger partial charge in [0.05, 0.1) is 45.3 Å². The third kappa shape index (κ3) is 4.00. The molecule has 0 amide bonds. The van der Waals surface area contributed by atoms with Gasteiger partial charge in [0.2, 0.25) is 0 Å². The van der Waals surface area contributed by atoms with Crippen LogP contribution in [0, 0.1) is 0 Å². The van der Waals surface area contributed by atoms with E-state index in [1.165, 1.54) is 0 Å². The van der Waals surface area contributed by atoms with Crippen molar-refractivity contribution in [3.63, 3.8) is 0 Å². The normalized spacial score (nSPS) is 20.8. The summed E-state index contributed by atoms with van der Waals surface area (Å²) in [5.74, 6) is -0.500. The quantitative estimate of drug-likeness (QED) is 0.372. The number of aliphatic carboxylic acids is 1. The molecule has 1 saturated carbocycles. The zero-order valence-electron chi connectivity index (χ0n) is 17.7. The Kier molecular flexibility index (Phi) is 5.41. The van der Waals surface area contributed by atoms with Gasteiger partial charge in [-0.25, -0.2) is 9.67 Å². The molecule has 3 heterocycles. The first-order valence-corrected chi connectivity index (χ1v) is 11.5. The van der Waals surface area contributed by atoms with Crippen molar-refractivity contribution in [3.8, 4) is 16.9 Å². The minimum Gasteiger partial charge on any atom is -0.481 e. The number of nitrogens with two attached hydrogens (primary N) is 1. The van der Waals surface area contributed by atoms with Crippen molar-refractivity contribution < 1.29 is 15.0 Å². The lowest BCUT2D eigenvalue weighted by Gasteiger charge is -2.35. The Hall–Kier alpha value is -3.24. The van der Waals surface area contributed by atoms with Crippen LogP contribution in [0.4, 0.5) is 5.82 Å². The van der Waals surface area contributed by atoms with Crippen LogP contribution < -0.4 is 5.73 Å². The number of hydrogen-bond acceptors (Lipinski definition) is 6. The van der Waals surface area contributed by atoms with Crippen molar-refractivity contribution in [2.24, 2.45) is 0 Å². The third-order valence-electron chi connectivity index (χ3n) is 6.32. The van der Waals surface area contributed by atoms with E-state index in [9.17, 15) is 9.90 Å². The van der Waals surface area contributed by atoms with E-state index < -0.39 is 11.6 Å². The summed E-state index contributed by atoms with van der Waals surface area (Å²) in [7, 11) is 0. The Balaban J connectivity index is 1.49. The van der Waals surface area contributed by atoms with Crippen LogP contribution in [0.5, 0.6) is 0 Å².